The zero-order valence-electron chi connectivity index (χ0n) is 17.6. The number of morpholine rings is 1. The van der Waals surface area contributed by atoms with E-state index in [9.17, 15) is 13.2 Å². The van der Waals surface area contributed by atoms with Gasteiger partial charge in [-0.25, -0.2) is 8.42 Å². The van der Waals surface area contributed by atoms with Crippen LogP contribution in [-0.4, -0.2) is 83.1 Å². The Labute approximate surface area is 183 Å². The predicted molar refractivity (Wildman–Crippen MR) is 117 cm³/mol. The number of rotatable bonds is 5. The number of amides is 1. The molecule has 0 aliphatic carbocycles. The number of sulfonamides is 1. The van der Waals surface area contributed by atoms with E-state index < -0.39 is 10.0 Å². The Balaban J connectivity index is 1.40. The zero-order chi connectivity index (χ0) is 21.8. The quantitative estimate of drug-likeness (QED) is 0.697. The van der Waals surface area contributed by atoms with Crippen LogP contribution in [0.25, 0.3) is 0 Å². The number of piperazine rings is 1. The van der Waals surface area contributed by atoms with Crippen LogP contribution in [0, 0.1) is 0 Å². The van der Waals surface area contributed by atoms with Crippen LogP contribution >= 0.6 is 0 Å². The van der Waals surface area contributed by atoms with Gasteiger partial charge in [0.05, 0.1) is 30.9 Å². The van der Waals surface area contributed by atoms with E-state index in [-0.39, 0.29) is 10.8 Å². The van der Waals surface area contributed by atoms with E-state index in [2.05, 4.69) is 4.90 Å². The minimum Gasteiger partial charge on any atom is -0.495 e. The summed E-state index contributed by atoms with van der Waals surface area (Å²) < 4.78 is 37.6. The van der Waals surface area contributed by atoms with Crippen molar-refractivity contribution in [1.29, 1.82) is 0 Å². The molecule has 0 spiro atoms. The van der Waals surface area contributed by atoms with Gasteiger partial charge in [0.15, 0.2) is 0 Å². The Morgan fingerprint density at radius 2 is 1.55 bits per heavy atom. The predicted octanol–water partition coefficient (Wildman–Crippen LogP) is 1.68. The largest absolute Gasteiger partial charge is 0.495 e. The first kappa shape index (κ1) is 21.6. The van der Waals surface area contributed by atoms with Crippen LogP contribution in [0.15, 0.2) is 53.4 Å². The molecule has 2 aliphatic heterocycles. The van der Waals surface area contributed by atoms with Crippen LogP contribution < -0.4 is 9.64 Å². The molecule has 8 nitrogen and oxygen atoms in total. The van der Waals surface area contributed by atoms with E-state index >= 15 is 0 Å². The second kappa shape index (κ2) is 9.25. The van der Waals surface area contributed by atoms with Crippen molar-refractivity contribution < 1.29 is 22.7 Å². The number of nitrogens with zero attached hydrogens (tertiary/aromatic N) is 3. The Bertz CT molecular complexity index is 1010. The van der Waals surface area contributed by atoms with Gasteiger partial charge in [-0.2, -0.15) is 4.31 Å². The molecule has 0 radical (unpaired) electrons. The van der Waals surface area contributed by atoms with Crippen LogP contribution in [0.4, 0.5) is 5.69 Å². The third kappa shape index (κ3) is 4.53. The van der Waals surface area contributed by atoms with Gasteiger partial charge in [-0.1, -0.05) is 12.1 Å². The van der Waals surface area contributed by atoms with Crippen molar-refractivity contribution in [2.45, 2.75) is 4.90 Å². The number of methoxy groups -OCH3 is 1. The molecular weight excluding hydrogens is 418 g/mol. The number of anilines is 1. The summed E-state index contributed by atoms with van der Waals surface area (Å²) in [5.74, 6) is 0.731. The highest BCUT2D eigenvalue weighted by Gasteiger charge is 2.27. The first-order valence-electron chi connectivity index (χ1n) is 10.4. The molecule has 0 N–H and O–H groups in total. The van der Waals surface area contributed by atoms with E-state index in [1.54, 1.807) is 24.1 Å². The number of hydrogen-bond donors (Lipinski definition) is 0. The fraction of sp³-hybridized carbons (Fsp3) is 0.409. The topological polar surface area (TPSA) is 79.4 Å². The zero-order valence-corrected chi connectivity index (χ0v) is 18.4. The molecule has 166 valence electrons. The standard InChI is InChI=1S/C22H27N3O5S/c1-29-21-5-3-2-4-20(21)23-10-12-24(13-11-23)22(26)18-6-8-19(9-7-18)31(27,28)25-14-16-30-17-15-25/h2-9H,10-17H2,1H3. The summed E-state index contributed by atoms with van der Waals surface area (Å²) in [6.07, 6.45) is 0. The number of para-hydroxylation sites is 2. The van der Waals surface area contributed by atoms with Gasteiger partial charge < -0.3 is 19.3 Å². The fourth-order valence-corrected chi connectivity index (χ4v) is 5.34. The molecule has 0 aromatic heterocycles. The van der Waals surface area contributed by atoms with Crippen molar-refractivity contribution in [2.24, 2.45) is 0 Å². The summed E-state index contributed by atoms with van der Waals surface area (Å²) in [6.45, 7) is 4.08. The van der Waals surface area contributed by atoms with Crippen molar-refractivity contribution >= 4 is 21.6 Å². The molecule has 0 bridgehead atoms. The van der Waals surface area contributed by atoms with E-state index in [0.717, 1.165) is 11.4 Å². The SMILES string of the molecule is COc1ccccc1N1CCN(C(=O)c2ccc(S(=O)(=O)N3CCOCC3)cc2)CC1. The van der Waals surface area contributed by atoms with E-state index in [4.69, 9.17) is 9.47 Å². The lowest BCUT2D eigenvalue weighted by atomic mass is 10.1. The maximum atomic E-state index is 12.9. The van der Waals surface area contributed by atoms with Crippen LogP contribution in [-0.2, 0) is 14.8 Å². The molecular formula is C22H27N3O5S. The van der Waals surface area contributed by atoms with Gasteiger partial charge in [0.1, 0.15) is 5.75 Å². The molecule has 4 rings (SSSR count). The lowest BCUT2D eigenvalue weighted by molar-refractivity contribution is 0.0730. The highest BCUT2D eigenvalue weighted by molar-refractivity contribution is 7.89. The summed E-state index contributed by atoms with van der Waals surface area (Å²) in [5, 5.41) is 0. The Morgan fingerprint density at radius 3 is 2.19 bits per heavy atom. The van der Waals surface area contributed by atoms with Gasteiger partial charge in [0, 0.05) is 44.8 Å². The smallest absolute Gasteiger partial charge is 0.253 e. The summed E-state index contributed by atoms with van der Waals surface area (Å²) in [5.41, 5.74) is 1.52. The third-order valence-electron chi connectivity index (χ3n) is 5.70. The average Bonchev–Trinajstić information content (AvgIpc) is 2.84. The van der Waals surface area contributed by atoms with Gasteiger partial charge in [-0.05, 0) is 36.4 Å². The molecule has 0 atom stereocenters. The van der Waals surface area contributed by atoms with Crippen LogP contribution in [0.2, 0.25) is 0 Å². The number of carbonyl (C=O) groups is 1. The minimum absolute atomic E-state index is 0.0880. The maximum absolute atomic E-state index is 12.9. The van der Waals surface area contributed by atoms with Gasteiger partial charge in [0.25, 0.3) is 5.91 Å². The number of hydrogen-bond acceptors (Lipinski definition) is 6. The van der Waals surface area contributed by atoms with Gasteiger partial charge in [-0.15, -0.1) is 0 Å². The second-order valence-corrected chi connectivity index (χ2v) is 9.43. The number of benzene rings is 2. The molecule has 0 unspecified atom stereocenters. The van der Waals surface area contributed by atoms with E-state index in [0.29, 0.717) is 58.0 Å². The summed E-state index contributed by atoms with van der Waals surface area (Å²) in [6, 6.07) is 14.1. The molecule has 31 heavy (non-hydrogen) atoms. The lowest BCUT2D eigenvalue weighted by Crippen LogP contribution is -2.48. The Morgan fingerprint density at radius 1 is 0.903 bits per heavy atom. The number of ether oxygens (including phenoxy) is 2. The van der Waals surface area contributed by atoms with Crippen molar-refractivity contribution in [3.8, 4) is 5.75 Å². The van der Waals surface area contributed by atoms with Gasteiger partial charge in [-0.3, -0.25) is 4.79 Å². The Kier molecular flexibility index (Phi) is 6.45. The molecule has 2 aliphatic rings. The third-order valence-corrected chi connectivity index (χ3v) is 7.61. The number of carbonyl (C=O) groups excluding carboxylic acids is 1. The molecule has 2 fully saturated rings. The minimum atomic E-state index is -3.56. The lowest BCUT2D eigenvalue weighted by Gasteiger charge is -2.36. The van der Waals surface area contributed by atoms with Crippen LogP contribution in [0.1, 0.15) is 10.4 Å². The Hall–Kier alpha value is -2.62. The van der Waals surface area contributed by atoms with Crippen molar-refractivity contribution in [1.82, 2.24) is 9.21 Å². The van der Waals surface area contributed by atoms with Crippen molar-refractivity contribution in [3.63, 3.8) is 0 Å². The van der Waals surface area contributed by atoms with Crippen LogP contribution in [0.3, 0.4) is 0 Å². The van der Waals surface area contributed by atoms with Crippen molar-refractivity contribution in [2.75, 3.05) is 64.5 Å². The van der Waals surface area contributed by atoms with Gasteiger partial charge >= 0.3 is 0 Å². The molecule has 1 amide bonds. The normalized spacial score (nSPS) is 18.1. The first-order valence-corrected chi connectivity index (χ1v) is 11.8. The highest BCUT2D eigenvalue weighted by atomic mass is 32.2. The fourth-order valence-electron chi connectivity index (χ4n) is 3.93. The molecule has 2 aromatic rings. The first-order chi connectivity index (χ1) is 15.0. The van der Waals surface area contributed by atoms with E-state index in [1.807, 2.05) is 24.3 Å². The highest BCUT2D eigenvalue weighted by Crippen LogP contribution is 2.28. The maximum Gasteiger partial charge on any atom is 0.253 e. The molecule has 9 heteroatoms. The second-order valence-electron chi connectivity index (χ2n) is 7.49. The van der Waals surface area contributed by atoms with Gasteiger partial charge in [0.2, 0.25) is 10.0 Å². The average molecular weight is 446 g/mol. The molecule has 2 aromatic carbocycles. The molecule has 0 saturated carbocycles. The molecule has 2 saturated heterocycles. The summed E-state index contributed by atoms with van der Waals surface area (Å²) in [4.78, 5) is 17.1. The monoisotopic (exact) mass is 445 g/mol. The summed E-state index contributed by atoms with van der Waals surface area (Å²) >= 11 is 0. The molecule has 2 heterocycles. The van der Waals surface area contributed by atoms with Crippen molar-refractivity contribution in [3.05, 3.63) is 54.1 Å². The summed E-state index contributed by atoms with van der Waals surface area (Å²) in [7, 11) is -1.91. The van der Waals surface area contributed by atoms with Crippen LogP contribution in [0.5, 0.6) is 5.75 Å². The van der Waals surface area contributed by atoms with E-state index in [1.165, 1.54) is 16.4 Å².